The van der Waals surface area contributed by atoms with Gasteiger partial charge in [-0.3, -0.25) is 14.6 Å². The number of carbonyl (C=O) groups is 2. The summed E-state index contributed by atoms with van der Waals surface area (Å²) in [6.45, 7) is 1.04. The van der Waals surface area contributed by atoms with Crippen LogP contribution >= 0.6 is 0 Å². The van der Waals surface area contributed by atoms with Crippen LogP contribution in [0.5, 0.6) is 5.75 Å². The van der Waals surface area contributed by atoms with E-state index in [1.165, 1.54) is 37.4 Å². The van der Waals surface area contributed by atoms with Crippen molar-refractivity contribution in [2.75, 3.05) is 0 Å². The number of nitrogens with one attached hydrogen (secondary N) is 1. The fourth-order valence-corrected chi connectivity index (χ4v) is 2.14. The van der Waals surface area contributed by atoms with Crippen LogP contribution in [0.3, 0.4) is 0 Å². The molecule has 2 aromatic rings. The van der Waals surface area contributed by atoms with Gasteiger partial charge in [-0.05, 0) is 25.1 Å². The van der Waals surface area contributed by atoms with Gasteiger partial charge in [0.1, 0.15) is 5.78 Å². The Hall–Kier alpha value is -2.97. The van der Waals surface area contributed by atoms with Gasteiger partial charge in [-0.15, -0.1) is 13.2 Å². The van der Waals surface area contributed by atoms with E-state index in [1.54, 1.807) is 0 Å². The summed E-state index contributed by atoms with van der Waals surface area (Å²) in [4.78, 5) is 27.2. The Morgan fingerprint density at radius 2 is 1.96 bits per heavy atom. The number of pyridine rings is 1. The van der Waals surface area contributed by atoms with Crippen molar-refractivity contribution in [1.82, 2.24) is 10.3 Å². The summed E-state index contributed by atoms with van der Waals surface area (Å²) in [6.07, 6.45) is -3.61. The molecule has 0 aliphatic carbocycles. The van der Waals surface area contributed by atoms with Crippen molar-refractivity contribution in [3.8, 4) is 5.75 Å². The van der Waals surface area contributed by atoms with E-state index in [-0.39, 0.29) is 29.9 Å². The first-order chi connectivity index (χ1) is 12.2. The average molecular weight is 370 g/mol. The minimum Gasteiger partial charge on any atom is -0.403 e. The zero-order valence-electron chi connectivity index (χ0n) is 13.6. The lowest BCUT2D eigenvalue weighted by molar-refractivity contribution is -0.275. The molecular weight excluding hydrogens is 356 g/mol. The highest BCUT2D eigenvalue weighted by atomic mass is 19.4. The molecule has 0 bridgehead atoms. The average Bonchev–Trinajstić information content (AvgIpc) is 2.54. The molecule has 0 saturated carbocycles. The third-order valence-electron chi connectivity index (χ3n) is 3.22. The maximum atomic E-state index is 14.0. The van der Waals surface area contributed by atoms with E-state index in [4.69, 9.17) is 0 Å². The van der Waals surface area contributed by atoms with Crippen molar-refractivity contribution in [3.05, 3.63) is 59.2 Å². The number of Topliss-reactive ketones (excluding diaryl/α,β-unsaturated/α-hetero) is 1. The number of amides is 1. The molecule has 1 aromatic heterocycles. The van der Waals surface area contributed by atoms with Crippen LogP contribution in [-0.2, 0) is 17.8 Å². The fraction of sp³-hybridized carbons (Fsp3) is 0.235. The van der Waals surface area contributed by atoms with Crippen molar-refractivity contribution in [2.45, 2.75) is 26.3 Å². The Balaban J connectivity index is 2.08. The van der Waals surface area contributed by atoms with E-state index < -0.39 is 23.8 Å². The van der Waals surface area contributed by atoms with E-state index in [1.807, 2.05) is 0 Å². The van der Waals surface area contributed by atoms with Crippen molar-refractivity contribution in [2.24, 2.45) is 0 Å². The van der Waals surface area contributed by atoms with Gasteiger partial charge in [0, 0.05) is 36.0 Å². The van der Waals surface area contributed by atoms with Crippen LogP contribution in [0.2, 0.25) is 0 Å². The fourth-order valence-electron chi connectivity index (χ4n) is 2.14. The molecule has 9 heteroatoms. The second-order valence-corrected chi connectivity index (χ2v) is 5.37. The highest BCUT2D eigenvalue weighted by molar-refractivity contribution is 5.94. The van der Waals surface area contributed by atoms with Crippen molar-refractivity contribution < 1.29 is 31.9 Å². The first-order valence-corrected chi connectivity index (χ1v) is 7.41. The van der Waals surface area contributed by atoms with Crippen molar-refractivity contribution in [3.63, 3.8) is 0 Å². The second kappa shape index (κ2) is 7.94. The largest absolute Gasteiger partial charge is 0.573 e. The summed E-state index contributed by atoms with van der Waals surface area (Å²) in [6, 6.07) is 6.06. The van der Waals surface area contributed by atoms with Crippen LogP contribution in [-0.4, -0.2) is 23.0 Å². The molecule has 0 aliphatic heterocycles. The normalized spacial score (nSPS) is 11.1. The predicted molar refractivity (Wildman–Crippen MR) is 82.9 cm³/mol. The quantitative estimate of drug-likeness (QED) is 0.793. The van der Waals surface area contributed by atoms with Crippen LogP contribution < -0.4 is 10.1 Å². The van der Waals surface area contributed by atoms with Gasteiger partial charge < -0.3 is 10.1 Å². The number of halogens is 4. The molecule has 5 nitrogen and oxygen atoms in total. The summed E-state index contributed by atoms with van der Waals surface area (Å²) in [5, 5.41) is 2.40. The number of carbonyl (C=O) groups excluding carboxylic acids is 2. The van der Waals surface area contributed by atoms with Gasteiger partial charge in [-0.2, -0.15) is 0 Å². The predicted octanol–water partition coefficient (Wildman–Crippen LogP) is 3.18. The maximum absolute atomic E-state index is 14.0. The Kier molecular flexibility index (Phi) is 5.91. The lowest BCUT2D eigenvalue weighted by atomic mass is 10.1. The standard InChI is InChI=1S/C17H14F4N2O3/c1-10(24)7-13-8-11(5-6-22-13)16(25)23-9-12-3-2-4-14(15(12)18)26-17(19,20)21/h2-6,8H,7,9H2,1H3,(H,23,25). The van der Waals surface area contributed by atoms with Gasteiger partial charge in [-0.1, -0.05) is 12.1 Å². The highest BCUT2D eigenvalue weighted by Crippen LogP contribution is 2.27. The molecule has 138 valence electrons. The van der Waals surface area contributed by atoms with Crippen molar-refractivity contribution in [1.29, 1.82) is 0 Å². The van der Waals surface area contributed by atoms with Gasteiger partial charge in [0.15, 0.2) is 11.6 Å². The molecule has 1 aromatic carbocycles. The van der Waals surface area contributed by atoms with E-state index in [2.05, 4.69) is 15.0 Å². The van der Waals surface area contributed by atoms with Crippen LogP contribution in [0.25, 0.3) is 0 Å². The SMILES string of the molecule is CC(=O)Cc1cc(C(=O)NCc2cccc(OC(F)(F)F)c2F)ccn1. The first-order valence-electron chi connectivity index (χ1n) is 7.41. The van der Waals surface area contributed by atoms with E-state index in [0.29, 0.717) is 5.69 Å². The summed E-state index contributed by atoms with van der Waals surface area (Å²) in [5.74, 6) is -2.90. The number of hydrogen-bond donors (Lipinski definition) is 1. The summed E-state index contributed by atoms with van der Waals surface area (Å²) in [5.41, 5.74) is 0.425. The van der Waals surface area contributed by atoms with Gasteiger partial charge in [0.05, 0.1) is 0 Å². The molecule has 1 amide bonds. The Morgan fingerprint density at radius 3 is 2.62 bits per heavy atom. The van der Waals surface area contributed by atoms with E-state index >= 15 is 0 Å². The minimum atomic E-state index is -5.02. The number of rotatable bonds is 6. The van der Waals surface area contributed by atoms with Crippen LogP contribution in [0.4, 0.5) is 17.6 Å². The Bertz CT molecular complexity index is 822. The highest BCUT2D eigenvalue weighted by Gasteiger charge is 2.32. The van der Waals surface area contributed by atoms with Gasteiger partial charge in [0.2, 0.25) is 0 Å². The molecule has 0 radical (unpaired) electrons. The number of hydrogen-bond acceptors (Lipinski definition) is 4. The van der Waals surface area contributed by atoms with Crippen LogP contribution in [0.15, 0.2) is 36.5 Å². The number of nitrogens with zero attached hydrogens (tertiary/aromatic N) is 1. The monoisotopic (exact) mass is 370 g/mol. The third-order valence-corrected chi connectivity index (χ3v) is 3.22. The molecular formula is C17H14F4N2O3. The molecule has 0 spiro atoms. The smallest absolute Gasteiger partial charge is 0.403 e. The molecule has 0 fully saturated rings. The number of ether oxygens (including phenoxy) is 1. The van der Waals surface area contributed by atoms with Gasteiger partial charge in [-0.25, -0.2) is 4.39 Å². The summed E-state index contributed by atoms with van der Waals surface area (Å²) in [7, 11) is 0. The molecule has 1 heterocycles. The van der Waals surface area contributed by atoms with E-state index in [0.717, 1.165) is 6.07 Å². The topological polar surface area (TPSA) is 68.3 Å². The lowest BCUT2D eigenvalue weighted by Gasteiger charge is -2.12. The van der Waals surface area contributed by atoms with Gasteiger partial charge >= 0.3 is 6.36 Å². The third kappa shape index (κ3) is 5.54. The molecule has 0 saturated heterocycles. The van der Waals surface area contributed by atoms with Crippen LogP contribution in [0.1, 0.15) is 28.5 Å². The molecule has 2 rings (SSSR count). The summed E-state index contributed by atoms with van der Waals surface area (Å²) < 4.78 is 54.3. The molecule has 26 heavy (non-hydrogen) atoms. The maximum Gasteiger partial charge on any atom is 0.573 e. The number of benzene rings is 1. The van der Waals surface area contributed by atoms with Crippen LogP contribution in [0, 0.1) is 5.82 Å². The molecule has 0 aliphatic rings. The van der Waals surface area contributed by atoms with Crippen molar-refractivity contribution >= 4 is 11.7 Å². The number of aromatic nitrogens is 1. The second-order valence-electron chi connectivity index (χ2n) is 5.37. The van der Waals surface area contributed by atoms with E-state index in [9.17, 15) is 27.2 Å². The number of alkyl halides is 3. The molecule has 1 N–H and O–H groups in total. The zero-order valence-corrected chi connectivity index (χ0v) is 13.6. The first kappa shape index (κ1) is 19.4. The molecule has 0 unspecified atom stereocenters. The Labute approximate surface area is 146 Å². The Morgan fingerprint density at radius 1 is 1.23 bits per heavy atom. The zero-order chi connectivity index (χ0) is 19.3. The summed E-state index contributed by atoms with van der Waals surface area (Å²) >= 11 is 0. The van der Waals surface area contributed by atoms with Gasteiger partial charge in [0.25, 0.3) is 5.91 Å². The number of ketones is 1. The minimum absolute atomic E-state index is 0.0621. The molecule has 0 atom stereocenters. The lowest BCUT2D eigenvalue weighted by Crippen LogP contribution is -2.24.